The van der Waals surface area contributed by atoms with Gasteiger partial charge in [0.25, 0.3) is 0 Å². The van der Waals surface area contributed by atoms with Crippen molar-refractivity contribution >= 4 is 21.9 Å². The van der Waals surface area contributed by atoms with Gasteiger partial charge in [-0.1, -0.05) is 28.1 Å². The van der Waals surface area contributed by atoms with E-state index in [1.54, 1.807) is 6.92 Å². The molecule has 0 spiro atoms. The number of hydrogen-bond donors (Lipinski definition) is 0. The maximum atomic E-state index is 11.7. The van der Waals surface area contributed by atoms with Gasteiger partial charge in [0.2, 0.25) is 0 Å². The number of ether oxygens (including phenoxy) is 2. The lowest BCUT2D eigenvalue weighted by Gasteiger charge is -2.15. The summed E-state index contributed by atoms with van der Waals surface area (Å²) in [6.45, 7) is 4.46. The van der Waals surface area contributed by atoms with Crippen LogP contribution >= 0.6 is 15.9 Å². The molecular weight excluding hydrogens is 272 g/mol. The van der Waals surface area contributed by atoms with Crippen molar-refractivity contribution in [3.63, 3.8) is 0 Å². The molecule has 0 radical (unpaired) electrons. The first-order chi connectivity index (χ1) is 7.69. The zero-order valence-electron chi connectivity index (χ0n) is 9.40. The Kier molecular flexibility index (Phi) is 5.49. The summed E-state index contributed by atoms with van der Waals surface area (Å²) < 4.78 is 11.3. The molecule has 0 saturated carbocycles. The highest BCUT2D eigenvalue weighted by Gasteiger charge is 2.21. The van der Waals surface area contributed by atoms with Crippen LogP contribution in [0.5, 0.6) is 0 Å². The summed E-state index contributed by atoms with van der Waals surface area (Å²) in [6, 6.07) is 7.45. The highest BCUT2D eigenvalue weighted by Crippen LogP contribution is 2.21. The van der Waals surface area contributed by atoms with Crippen LogP contribution in [0, 0.1) is 0 Å². The third kappa shape index (κ3) is 3.61. The Balaban J connectivity index is 2.84. The van der Waals surface area contributed by atoms with Gasteiger partial charge in [-0.3, -0.25) is 0 Å². The molecule has 0 fully saturated rings. The minimum atomic E-state index is -0.627. The zero-order chi connectivity index (χ0) is 12.0. The summed E-state index contributed by atoms with van der Waals surface area (Å²) in [5.74, 6) is -0.341. The van der Waals surface area contributed by atoms with E-state index < -0.39 is 6.10 Å². The molecule has 0 aliphatic carbocycles. The smallest absolute Gasteiger partial charge is 0.339 e. The van der Waals surface area contributed by atoms with Crippen molar-refractivity contribution in [2.24, 2.45) is 0 Å². The molecule has 0 N–H and O–H groups in total. The standard InChI is InChI=1S/C12H15BrO3/c1-3-15-11(12(14)16-4-2)9-5-7-10(13)8-6-9/h5-8,11H,3-4H2,1-2H3/t11-/m1/s1. The van der Waals surface area contributed by atoms with E-state index in [9.17, 15) is 4.79 Å². The first-order valence-corrected chi connectivity index (χ1v) is 6.02. The van der Waals surface area contributed by atoms with E-state index in [0.717, 1.165) is 10.0 Å². The van der Waals surface area contributed by atoms with E-state index in [-0.39, 0.29) is 5.97 Å². The fraction of sp³-hybridized carbons (Fsp3) is 0.417. The largest absolute Gasteiger partial charge is 0.464 e. The second-order valence-electron chi connectivity index (χ2n) is 3.14. The van der Waals surface area contributed by atoms with E-state index >= 15 is 0 Å². The Morgan fingerprint density at radius 3 is 2.38 bits per heavy atom. The number of rotatable bonds is 5. The lowest BCUT2D eigenvalue weighted by molar-refractivity contribution is -0.157. The second-order valence-corrected chi connectivity index (χ2v) is 4.05. The molecule has 0 aromatic heterocycles. The summed E-state index contributed by atoms with van der Waals surface area (Å²) in [4.78, 5) is 11.7. The van der Waals surface area contributed by atoms with E-state index in [2.05, 4.69) is 15.9 Å². The van der Waals surface area contributed by atoms with Gasteiger partial charge >= 0.3 is 5.97 Å². The molecule has 0 bridgehead atoms. The molecule has 1 aromatic carbocycles. The molecule has 0 heterocycles. The molecule has 0 unspecified atom stereocenters. The first-order valence-electron chi connectivity index (χ1n) is 5.22. The first kappa shape index (κ1) is 13.2. The molecule has 1 rings (SSSR count). The summed E-state index contributed by atoms with van der Waals surface area (Å²) in [5, 5.41) is 0. The average Bonchev–Trinajstić information content (AvgIpc) is 2.28. The van der Waals surface area contributed by atoms with Crippen LogP contribution in [0.25, 0.3) is 0 Å². The molecule has 0 aliphatic heterocycles. The van der Waals surface area contributed by atoms with Crippen molar-refractivity contribution in [2.75, 3.05) is 13.2 Å². The van der Waals surface area contributed by atoms with Gasteiger partial charge < -0.3 is 9.47 Å². The zero-order valence-corrected chi connectivity index (χ0v) is 11.0. The van der Waals surface area contributed by atoms with E-state index in [0.29, 0.717) is 13.2 Å². The number of benzene rings is 1. The quantitative estimate of drug-likeness (QED) is 0.781. The van der Waals surface area contributed by atoms with Gasteiger partial charge in [-0.05, 0) is 31.5 Å². The summed E-state index contributed by atoms with van der Waals surface area (Å²) in [5.41, 5.74) is 0.809. The van der Waals surface area contributed by atoms with Crippen molar-refractivity contribution in [2.45, 2.75) is 20.0 Å². The maximum Gasteiger partial charge on any atom is 0.339 e. The van der Waals surface area contributed by atoms with Crippen LogP contribution in [0.3, 0.4) is 0 Å². The van der Waals surface area contributed by atoms with Crippen LogP contribution in [0.4, 0.5) is 0 Å². The monoisotopic (exact) mass is 286 g/mol. The maximum absolute atomic E-state index is 11.7. The molecule has 88 valence electrons. The van der Waals surface area contributed by atoms with Gasteiger partial charge in [0.1, 0.15) is 0 Å². The van der Waals surface area contributed by atoms with Gasteiger partial charge in [0.15, 0.2) is 6.10 Å². The fourth-order valence-electron chi connectivity index (χ4n) is 1.32. The Morgan fingerprint density at radius 2 is 1.88 bits per heavy atom. The fourth-order valence-corrected chi connectivity index (χ4v) is 1.59. The van der Waals surface area contributed by atoms with Crippen LogP contribution in [-0.2, 0) is 14.3 Å². The minimum Gasteiger partial charge on any atom is -0.464 e. The predicted molar refractivity (Wildman–Crippen MR) is 65.1 cm³/mol. The Morgan fingerprint density at radius 1 is 1.25 bits per heavy atom. The minimum absolute atomic E-state index is 0.341. The predicted octanol–water partition coefficient (Wildman–Crippen LogP) is 3.09. The van der Waals surface area contributed by atoms with Gasteiger partial charge in [-0.2, -0.15) is 0 Å². The number of esters is 1. The van der Waals surface area contributed by atoms with E-state index in [1.807, 2.05) is 31.2 Å². The molecule has 1 atom stereocenters. The molecule has 4 heteroatoms. The third-order valence-electron chi connectivity index (χ3n) is 2.01. The number of halogens is 1. The molecule has 16 heavy (non-hydrogen) atoms. The molecule has 3 nitrogen and oxygen atoms in total. The van der Waals surface area contributed by atoms with Crippen molar-refractivity contribution in [1.29, 1.82) is 0 Å². The van der Waals surface area contributed by atoms with Crippen LogP contribution in [0.2, 0.25) is 0 Å². The van der Waals surface area contributed by atoms with Crippen LogP contribution in [0.1, 0.15) is 25.5 Å². The lowest BCUT2D eigenvalue weighted by Crippen LogP contribution is -2.18. The summed E-state index contributed by atoms with van der Waals surface area (Å²) in [7, 11) is 0. The Hall–Kier alpha value is -0.870. The summed E-state index contributed by atoms with van der Waals surface area (Å²) >= 11 is 3.34. The Bertz CT molecular complexity index is 335. The molecular formula is C12H15BrO3. The lowest BCUT2D eigenvalue weighted by atomic mass is 10.1. The number of hydrogen-bond acceptors (Lipinski definition) is 3. The number of carbonyl (C=O) groups excluding carboxylic acids is 1. The van der Waals surface area contributed by atoms with Crippen molar-refractivity contribution in [3.05, 3.63) is 34.3 Å². The number of carbonyl (C=O) groups is 1. The van der Waals surface area contributed by atoms with Gasteiger partial charge in [-0.15, -0.1) is 0 Å². The molecule has 0 aliphatic rings. The highest BCUT2D eigenvalue weighted by atomic mass is 79.9. The summed E-state index contributed by atoms with van der Waals surface area (Å²) in [6.07, 6.45) is -0.627. The van der Waals surface area contributed by atoms with Crippen molar-refractivity contribution in [3.8, 4) is 0 Å². The Labute approximate surface area is 104 Å². The van der Waals surface area contributed by atoms with Gasteiger partial charge in [0, 0.05) is 11.1 Å². The van der Waals surface area contributed by atoms with Crippen LogP contribution in [-0.4, -0.2) is 19.2 Å². The molecule has 0 amide bonds. The molecule has 1 aromatic rings. The average molecular weight is 287 g/mol. The topological polar surface area (TPSA) is 35.5 Å². The molecule has 0 saturated heterocycles. The van der Waals surface area contributed by atoms with Crippen LogP contribution < -0.4 is 0 Å². The van der Waals surface area contributed by atoms with E-state index in [4.69, 9.17) is 9.47 Å². The third-order valence-corrected chi connectivity index (χ3v) is 2.54. The van der Waals surface area contributed by atoms with E-state index in [1.165, 1.54) is 0 Å². The van der Waals surface area contributed by atoms with Gasteiger partial charge in [-0.25, -0.2) is 4.79 Å². The van der Waals surface area contributed by atoms with Crippen LogP contribution in [0.15, 0.2) is 28.7 Å². The normalized spacial score (nSPS) is 12.2. The van der Waals surface area contributed by atoms with Crippen molar-refractivity contribution in [1.82, 2.24) is 0 Å². The van der Waals surface area contributed by atoms with Crippen molar-refractivity contribution < 1.29 is 14.3 Å². The van der Waals surface area contributed by atoms with Gasteiger partial charge in [0.05, 0.1) is 6.61 Å². The second kappa shape index (κ2) is 6.66. The highest BCUT2D eigenvalue weighted by molar-refractivity contribution is 9.10. The SMILES string of the molecule is CCOC(=O)[C@H](OCC)c1ccc(Br)cc1.